The van der Waals surface area contributed by atoms with Crippen molar-refractivity contribution in [3.8, 4) is 0 Å². The molecule has 6 nitrogen and oxygen atoms in total. The predicted molar refractivity (Wildman–Crippen MR) is 114 cm³/mol. The molecule has 2 rings (SSSR count). The lowest BCUT2D eigenvalue weighted by molar-refractivity contribution is 0.0420. The molecule has 0 radical (unpaired) electrons. The number of hydrogen-bond donors (Lipinski definition) is 2. The summed E-state index contributed by atoms with van der Waals surface area (Å²) >= 11 is 1.73. The highest BCUT2D eigenvalue weighted by atomic mass is 127. The van der Waals surface area contributed by atoms with Crippen LogP contribution in [0.3, 0.4) is 0 Å². The number of thiazole rings is 1. The second-order valence-corrected chi connectivity index (χ2v) is 6.83. The van der Waals surface area contributed by atoms with Crippen molar-refractivity contribution in [1.82, 2.24) is 15.6 Å². The maximum Gasteiger partial charge on any atom is 0.191 e. The molecular formula is C17H31IN4O2S. The van der Waals surface area contributed by atoms with E-state index >= 15 is 0 Å². The van der Waals surface area contributed by atoms with Crippen molar-refractivity contribution in [2.24, 2.45) is 4.99 Å². The number of halogens is 1. The zero-order valence-electron chi connectivity index (χ0n) is 15.3. The Bertz CT molecular complexity index is 493. The molecule has 1 atom stereocenters. The molecule has 1 aromatic rings. The van der Waals surface area contributed by atoms with Crippen molar-refractivity contribution in [2.45, 2.75) is 45.6 Å². The molecule has 1 unspecified atom stereocenters. The van der Waals surface area contributed by atoms with Crippen molar-refractivity contribution in [3.63, 3.8) is 0 Å². The van der Waals surface area contributed by atoms with E-state index in [1.165, 1.54) is 5.01 Å². The average molecular weight is 482 g/mol. The second-order valence-electron chi connectivity index (χ2n) is 5.88. The van der Waals surface area contributed by atoms with E-state index in [1.54, 1.807) is 11.3 Å². The summed E-state index contributed by atoms with van der Waals surface area (Å²) in [6.45, 7) is 9.01. The number of rotatable bonds is 10. The number of aromatic nitrogens is 1. The fourth-order valence-corrected chi connectivity index (χ4v) is 3.27. The van der Waals surface area contributed by atoms with Crippen molar-refractivity contribution in [3.05, 3.63) is 16.1 Å². The van der Waals surface area contributed by atoms with E-state index in [0.29, 0.717) is 6.10 Å². The number of aliphatic imine (C=N–C) groups is 1. The van der Waals surface area contributed by atoms with E-state index < -0.39 is 0 Å². The molecule has 2 heterocycles. The first-order chi connectivity index (χ1) is 11.8. The van der Waals surface area contributed by atoms with E-state index in [1.807, 2.05) is 6.92 Å². The minimum absolute atomic E-state index is 0. The van der Waals surface area contributed by atoms with Gasteiger partial charge in [0.2, 0.25) is 0 Å². The minimum Gasteiger partial charge on any atom is -0.379 e. The zero-order valence-corrected chi connectivity index (χ0v) is 18.4. The Hall–Kier alpha value is -0.450. The number of aryl methyl sites for hydroxylation is 2. The number of nitrogens with one attached hydrogen (secondary N) is 2. The van der Waals surface area contributed by atoms with E-state index in [-0.39, 0.29) is 24.0 Å². The molecule has 25 heavy (non-hydrogen) atoms. The van der Waals surface area contributed by atoms with Gasteiger partial charge in [-0.25, -0.2) is 4.98 Å². The third-order valence-corrected chi connectivity index (χ3v) is 4.71. The van der Waals surface area contributed by atoms with Crippen LogP contribution in [0, 0.1) is 6.92 Å². The largest absolute Gasteiger partial charge is 0.379 e. The van der Waals surface area contributed by atoms with Gasteiger partial charge >= 0.3 is 0 Å². The Kier molecular flexibility index (Phi) is 12.4. The lowest BCUT2D eigenvalue weighted by atomic mass is 10.3. The van der Waals surface area contributed by atoms with Crippen LogP contribution in [0.25, 0.3) is 0 Å². The molecule has 0 saturated carbocycles. The van der Waals surface area contributed by atoms with E-state index in [4.69, 9.17) is 9.47 Å². The summed E-state index contributed by atoms with van der Waals surface area (Å²) in [7, 11) is 0. The first-order valence-electron chi connectivity index (χ1n) is 8.90. The summed E-state index contributed by atoms with van der Waals surface area (Å²) in [5.74, 6) is 0.886. The molecule has 1 aromatic heterocycles. The van der Waals surface area contributed by atoms with Crippen LogP contribution >= 0.6 is 35.3 Å². The van der Waals surface area contributed by atoms with Gasteiger partial charge in [-0.05, 0) is 33.1 Å². The Morgan fingerprint density at radius 1 is 1.44 bits per heavy atom. The van der Waals surface area contributed by atoms with Crippen LogP contribution in [0.1, 0.15) is 36.9 Å². The van der Waals surface area contributed by atoms with E-state index in [2.05, 4.69) is 32.9 Å². The molecule has 2 N–H and O–H groups in total. The molecule has 0 aromatic carbocycles. The number of ether oxygens (including phenoxy) is 2. The smallest absolute Gasteiger partial charge is 0.191 e. The molecule has 1 saturated heterocycles. The first-order valence-corrected chi connectivity index (χ1v) is 9.78. The van der Waals surface area contributed by atoms with Gasteiger partial charge in [0.1, 0.15) is 0 Å². The van der Waals surface area contributed by atoms with Gasteiger partial charge in [0, 0.05) is 50.3 Å². The molecule has 1 aliphatic heterocycles. The summed E-state index contributed by atoms with van der Waals surface area (Å²) < 4.78 is 11.1. The Labute approximate surface area is 172 Å². The maximum atomic E-state index is 5.76. The summed E-state index contributed by atoms with van der Waals surface area (Å²) in [6, 6.07) is 0. The zero-order chi connectivity index (χ0) is 17.0. The van der Waals surface area contributed by atoms with Crippen LogP contribution in [0.15, 0.2) is 10.4 Å². The Balaban J connectivity index is 0.00000312. The molecule has 0 aliphatic carbocycles. The van der Waals surface area contributed by atoms with Crippen LogP contribution in [-0.2, 0) is 15.9 Å². The fraction of sp³-hybridized carbons (Fsp3) is 0.765. The van der Waals surface area contributed by atoms with Crippen molar-refractivity contribution in [2.75, 3.05) is 39.5 Å². The lowest BCUT2D eigenvalue weighted by Gasteiger charge is -2.12. The molecule has 1 aliphatic rings. The van der Waals surface area contributed by atoms with Gasteiger partial charge in [-0.1, -0.05) is 0 Å². The van der Waals surface area contributed by atoms with Crippen molar-refractivity contribution < 1.29 is 9.47 Å². The summed E-state index contributed by atoms with van der Waals surface area (Å²) in [4.78, 5) is 9.10. The minimum atomic E-state index is 0. The van der Waals surface area contributed by atoms with Gasteiger partial charge in [0.05, 0.1) is 17.7 Å². The molecule has 0 bridgehead atoms. The van der Waals surface area contributed by atoms with Gasteiger partial charge in [-0.3, -0.25) is 4.99 Å². The highest BCUT2D eigenvalue weighted by molar-refractivity contribution is 14.0. The van der Waals surface area contributed by atoms with Gasteiger partial charge in [-0.15, -0.1) is 35.3 Å². The maximum absolute atomic E-state index is 5.76. The number of nitrogens with zero attached hydrogens (tertiary/aromatic N) is 2. The third-order valence-electron chi connectivity index (χ3n) is 3.68. The van der Waals surface area contributed by atoms with Crippen LogP contribution < -0.4 is 10.6 Å². The normalized spacial score (nSPS) is 17.4. The highest BCUT2D eigenvalue weighted by Gasteiger charge is 2.15. The quantitative estimate of drug-likeness (QED) is 0.232. The number of hydrogen-bond acceptors (Lipinski definition) is 5. The molecule has 0 amide bonds. The standard InChI is InChI=1S/C17H30N4O2S.HI/c1-3-18-17(19-8-4-6-16-21-14(2)13-24-16)20-9-5-10-23-15-7-11-22-12-15;/h13,15H,3-12H2,1-2H3,(H2,18,19,20);1H. The molecule has 144 valence electrons. The SMILES string of the molecule is CCNC(=NCCCc1nc(C)cs1)NCCCOC1CCOC1.I. The van der Waals surface area contributed by atoms with Crippen LogP contribution in [0.2, 0.25) is 0 Å². The summed E-state index contributed by atoms with van der Waals surface area (Å²) in [5.41, 5.74) is 1.11. The summed E-state index contributed by atoms with van der Waals surface area (Å²) in [5, 5.41) is 9.95. The molecule has 0 spiro atoms. The van der Waals surface area contributed by atoms with Gasteiger partial charge in [-0.2, -0.15) is 0 Å². The number of guanidine groups is 1. The molecule has 1 fully saturated rings. The van der Waals surface area contributed by atoms with Crippen molar-refractivity contribution in [1.29, 1.82) is 0 Å². The fourth-order valence-electron chi connectivity index (χ4n) is 2.45. The van der Waals surface area contributed by atoms with E-state index in [0.717, 1.165) is 76.8 Å². The van der Waals surface area contributed by atoms with Crippen molar-refractivity contribution >= 4 is 41.3 Å². The van der Waals surface area contributed by atoms with Crippen LogP contribution in [0.5, 0.6) is 0 Å². The monoisotopic (exact) mass is 482 g/mol. The molecule has 8 heteroatoms. The van der Waals surface area contributed by atoms with Crippen LogP contribution in [-0.4, -0.2) is 56.5 Å². The van der Waals surface area contributed by atoms with Gasteiger partial charge in [0.15, 0.2) is 5.96 Å². The highest BCUT2D eigenvalue weighted by Crippen LogP contribution is 2.10. The topological polar surface area (TPSA) is 67.8 Å². The predicted octanol–water partition coefficient (Wildman–Crippen LogP) is 2.75. The summed E-state index contributed by atoms with van der Waals surface area (Å²) in [6.07, 6.45) is 4.31. The first kappa shape index (κ1) is 22.6. The van der Waals surface area contributed by atoms with Gasteiger partial charge < -0.3 is 20.1 Å². The van der Waals surface area contributed by atoms with E-state index in [9.17, 15) is 0 Å². The lowest BCUT2D eigenvalue weighted by Crippen LogP contribution is -2.38. The van der Waals surface area contributed by atoms with Crippen LogP contribution in [0.4, 0.5) is 0 Å². The van der Waals surface area contributed by atoms with Gasteiger partial charge in [0.25, 0.3) is 0 Å². The second kappa shape index (κ2) is 13.7. The Morgan fingerprint density at radius 2 is 2.32 bits per heavy atom. The average Bonchev–Trinajstić information content (AvgIpc) is 3.22. The Morgan fingerprint density at radius 3 is 3.00 bits per heavy atom. The molecular weight excluding hydrogens is 451 g/mol. The third kappa shape index (κ3) is 9.72.